The number of allylic oxidation sites excluding steroid dienone is 2. The molecule has 0 saturated heterocycles. The van der Waals surface area contributed by atoms with Crippen LogP contribution in [0.25, 0.3) is 22.3 Å². The van der Waals surface area contributed by atoms with Crippen molar-refractivity contribution in [2.24, 2.45) is 17.8 Å². The van der Waals surface area contributed by atoms with Crippen LogP contribution in [0.5, 0.6) is 0 Å². The molecule has 0 nitrogen and oxygen atoms in total. The van der Waals surface area contributed by atoms with Gasteiger partial charge in [-0.1, -0.05) is 285 Å². The molecule has 3 atom stereocenters. The van der Waals surface area contributed by atoms with Crippen molar-refractivity contribution in [1.82, 2.24) is 0 Å². The van der Waals surface area contributed by atoms with Crippen molar-refractivity contribution < 1.29 is 0 Å². The van der Waals surface area contributed by atoms with Crippen LogP contribution in [0.4, 0.5) is 0 Å². The normalized spacial score (nSPS) is 13.7. The van der Waals surface area contributed by atoms with E-state index in [4.69, 9.17) is 0 Å². The molecule has 6 aromatic heterocycles. The van der Waals surface area contributed by atoms with Gasteiger partial charge in [0.2, 0.25) is 0 Å². The standard InChI is InChI=1S/C52H74S4.C26H37BrS2/c1-5-9-13-17-19-23-27-39(25-21-15-11-7-3)37-41-29-31-45(55-41)49-47-43-33-36-54-52(43)50(48(47)44-34-35-53-51(44)49)46-32-30-42(56-46)38-40(26-22-16-12-8-4)28-24-20-18-14-10-6-2;1-3-5-7-9-10-12-14-22(13-11-8-6-4-2)21-25-18-17-24(29-25)16-15-23-19-20-28-26(23)27/h29-36,39-40H,5-28,37-38H2,1-4H3;17-20,22H,3-14,21H2,1-2H3. The monoisotopic (exact) mass is 1320 g/mol. The van der Waals surface area contributed by atoms with Crippen molar-refractivity contribution in [3.8, 4) is 11.8 Å². The Hall–Kier alpha value is -2.28. The molecule has 85 heavy (non-hydrogen) atoms. The average molecular weight is 1320 g/mol. The third kappa shape index (κ3) is 23.2. The first-order valence-corrected chi connectivity index (χ1v) is 40.9. The molecule has 0 amide bonds. The van der Waals surface area contributed by atoms with E-state index in [2.05, 4.69) is 163 Å². The maximum atomic E-state index is 3.58. The number of hydrogen-bond donors (Lipinski definition) is 0. The number of hydrogen-bond acceptors (Lipinski definition) is 6. The molecule has 0 fully saturated rings. The van der Waals surface area contributed by atoms with E-state index in [-0.39, 0.29) is 0 Å². The van der Waals surface area contributed by atoms with Crippen molar-refractivity contribution in [3.63, 3.8) is 0 Å². The van der Waals surface area contributed by atoms with Crippen LogP contribution in [-0.2, 0) is 19.3 Å². The van der Waals surface area contributed by atoms with Crippen molar-refractivity contribution >= 4 is 106 Å². The predicted molar refractivity (Wildman–Crippen MR) is 393 cm³/mol. The van der Waals surface area contributed by atoms with Crippen LogP contribution >= 0.6 is 84.0 Å². The third-order valence-corrected chi connectivity index (χ3v) is 25.1. The largest absolute Gasteiger partial charge is 0.143 e. The Kier molecular flexibility index (Phi) is 34.0. The average Bonchev–Trinajstić information content (AvgIpc) is 1.56. The summed E-state index contributed by atoms with van der Waals surface area (Å²) in [5.41, 5.74) is 10.2. The van der Waals surface area contributed by atoms with Crippen LogP contribution in [0, 0.1) is 29.6 Å². The zero-order valence-corrected chi connectivity index (χ0v) is 60.5. The fourth-order valence-electron chi connectivity index (χ4n) is 13.3. The van der Waals surface area contributed by atoms with E-state index in [0.29, 0.717) is 0 Å². The second-order valence-corrected chi connectivity index (χ2v) is 33.0. The smallest absolute Gasteiger partial charge is 0.0854 e. The molecule has 7 heteroatoms. The summed E-state index contributed by atoms with van der Waals surface area (Å²) in [6.07, 6.45) is 54.0. The van der Waals surface area contributed by atoms with E-state index in [9.17, 15) is 0 Å². The molecule has 0 bridgehead atoms. The Labute approximate surface area is 553 Å². The van der Waals surface area contributed by atoms with Gasteiger partial charge in [0.15, 0.2) is 0 Å². The lowest BCUT2D eigenvalue weighted by atomic mass is 9.91. The third-order valence-electron chi connectivity index (χ3n) is 18.3. The molecule has 0 spiro atoms. The van der Waals surface area contributed by atoms with Crippen LogP contribution in [0.1, 0.15) is 328 Å². The molecule has 0 saturated carbocycles. The summed E-state index contributed by atoms with van der Waals surface area (Å²) in [5, 5.41) is 6.79. The number of fused-ring (bicyclic) bond motifs is 5. The first-order valence-electron chi connectivity index (χ1n) is 35.1. The molecular formula is C78H111BrS6. The highest BCUT2D eigenvalue weighted by Gasteiger charge is 2.40. The van der Waals surface area contributed by atoms with E-state index >= 15 is 0 Å². The van der Waals surface area contributed by atoms with Gasteiger partial charge in [-0.15, -0.1) is 68.0 Å². The van der Waals surface area contributed by atoms with Crippen molar-refractivity contribution in [2.75, 3.05) is 0 Å². The van der Waals surface area contributed by atoms with Gasteiger partial charge in [0.25, 0.3) is 0 Å². The molecule has 6 aromatic rings. The summed E-state index contributed by atoms with van der Waals surface area (Å²) < 4.78 is 1.13. The van der Waals surface area contributed by atoms with E-state index in [1.165, 1.54) is 313 Å². The highest BCUT2D eigenvalue weighted by molar-refractivity contribution is 9.11. The fourth-order valence-corrected chi connectivity index (χ4v) is 19.8. The van der Waals surface area contributed by atoms with Gasteiger partial charge >= 0.3 is 0 Å². The van der Waals surface area contributed by atoms with Crippen LogP contribution < -0.4 is 0 Å². The van der Waals surface area contributed by atoms with Crippen molar-refractivity contribution in [2.45, 2.75) is 292 Å². The SMILES string of the molecule is CCCCCCCCC(CCCCCC)Cc1ccc(C#Cc2ccsc2Br)s1.CCCCCCCCC(CCCCCC)Cc1ccc(C2=C3C(=C(c4ccc(CC(CCCCCC)CCCCCCCC)s4)c4sccc43)c3ccsc32)s1. The summed E-state index contributed by atoms with van der Waals surface area (Å²) >= 11 is 15.3. The molecule has 2 aliphatic carbocycles. The van der Waals surface area contributed by atoms with Crippen LogP contribution in [0.3, 0.4) is 0 Å². The zero-order chi connectivity index (χ0) is 59.7. The molecule has 3 unspecified atom stereocenters. The number of unbranched alkanes of at least 4 members (excludes halogenated alkanes) is 24. The van der Waals surface area contributed by atoms with Crippen molar-refractivity contribution in [3.05, 3.63) is 130 Å². The van der Waals surface area contributed by atoms with E-state index in [1.54, 1.807) is 21.1 Å². The Morgan fingerprint density at radius 1 is 0.329 bits per heavy atom. The second kappa shape index (κ2) is 41.2. The van der Waals surface area contributed by atoms with Gasteiger partial charge in [-0.25, -0.2) is 0 Å². The first kappa shape index (κ1) is 70.2. The fraction of sp³-hybridized carbons (Fsp3) is 0.615. The number of rotatable bonds is 44. The molecule has 6 heterocycles. The van der Waals surface area contributed by atoms with Gasteiger partial charge in [0, 0.05) is 73.1 Å². The van der Waals surface area contributed by atoms with Gasteiger partial charge < -0.3 is 0 Å². The molecule has 0 radical (unpaired) electrons. The van der Waals surface area contributed by atoms with Gasteiger partial charge in [-0.05, 0) is 124 Å². The van der Waals surface area contributed by atoms with Gasteiger partial charge in [0.05, 0.1) is 8.66 Å². The van der Waals surface area contributed by atoms with Crippen LogP contribution in [0.2, 0.25) is 0 Å². The second-order valence-electron chi connectivity index (χ2n) is 25.4. The lowest BCUT2D eigenvalue weighted by Gasteiger charge is -2.16. The Bertz CT molecular complexity index is 2740. The lowest BCUT2D eigenvalue weighted by Crippen LogP contribution is -2.04. The maximum Gasteiger partial charge on any atom is 0.0854 e. The van der Waals surface area contributed by atoms with Gasteiger partial charge in [0.1, 0.15) is 0 Å². The van der Waals surface area contributed by atoms with Crippen LogP contribution in [0.15, 0.2) is 74.5 Å². The summed E-state index contributed by atoms with van der Waals surface area (Å²) in [4.78, 5) is 11.9. The Morgan fingerprint density at radius 3 is 1.02 bits per heavy atom. The minimum atomic E-state index is 0.829. The van der Waals surface area contributed by atoms with E-state index in [0.717, 1.165) is 27.1 Å². The van der Waals surface area contributed by atoms with E-state index in [1.807, 2.05) is 34.0 Å². The summed E-state index contributed by atoms with van der Waals surface area (Å²) in [5.74, 6) is 9.17. The van der Waals surface area contributed by atoms with Gasteiger partial charge in [-0.3, -0.25) is 0 Å². The van der Waals surface area contributed by atoms with Gasteiger partial charge in [-0.2, -0.15) is 0 Å². The minimum absolute atomic E-state index is 0.829. The summed E-state index contributed by atoms with van der Waals surface area (Å²) in [7, 11) is 0. The summed E-state index contributed by atoms with van der Waals surface area (Å²) in [6, 6.07) is 21.5. The molecular weight excluding hydrogens is 1210 g/mol. The van der Waals surface area contributed by atoms with Crippen LogP contribution in [-0.4, -0.2) is 0 Å². The van der Waals surface area contributed by atoms with Crippen molar-refractivity contribution in [1.29, 1.82) is 0 Å². The highest BCUT2D eigenvalue weighted by atomic mass is 79.9. The summed E-state index contributed by atoms with van der Waals surface area (Å²) in [6.45, 7) is 13.9. The molecule has 2 aliphatic rings. The molecule has 0 aromatic carbocycles. The first-order chi connectivity index (χ1) is 41.9. The molecule has 466 valence electrons. The highest BCUT2D eigenvalue weighted by Crippen LogP contribution is 2.62. The maximum absolute atomic E-state index is 3.58. The Balaban J connectivity index is 0.000000300. The lowest BCUT2D eigenvalue weighted by molar-refractivity contribution is 0.404. The number of halogens is 1. The quantitative estimate of drug-likeness (QED) is 0.0264. The van der Waals surface area contributed by atoms with E-state index < -0.39 is 0 Å². The molecule has 0 aliphatic heterocycles. The number of thiophene rings is 6. The minimum Gasteiger partial charge on any atom is -0.143 e. The predicted octanol–water partition coefficient (Wildman–Crippen LogP) is 28.8. The molecule has 0 N–H and O–H groups in total. The molecule has 8 rings (SSSR count). The Morgan fingerprint density at radius 2 is 0.659 bits per heavy atom. The zero-order valence-electron chi connectivity index (χ0n) is 54.1. The topological polar surface area (TPSA) is 0 Å².